The van der Waals surface area contributed by atoms with Gasteiger partial charge in [0.15, 0.2) is 0 Å². The molecule has 0 aromatic heterocycles. The smallest absolute Gasteiger partial charge is 0.0392 e. The van der Waals surface area contributed by atoms with Gasteiger partial charge in [0.05, 0.1) is 0 Å². The van der Waals surface area contributed by atoms with Crippen LogP contribution in [0.5, 0.6) is 0 Å². The summed E-state index contributed by atoms with van der Waals surface area (Å²) in [6, 6.07) is 0. The molecule has 0 atom stereocenters. The lowest BCUT2D eigenvalue weighted by Gasteiger charge is -2.15. The van der Waals surface area contributed by atoms with E-state index in [-0.39, 0.29) is 0 Å². The van der Waals surface area contributed by atoms with E-state index in [1.165, 1.54) is 134 Å². The summed E-state index contributed by atoms with van der Waals surface area (Å²) in [6.45, 7) is 53.1. The summed E-state index contributed by atoms with van der Waals surface area (Å²) in [5, 5.41) is 0. The average molecular weight is 649 g/mol. The zero-order valence-electron chi connectivity index (χ0n) is 36.0. The van der Waals surface area contributed by atoms with Crippen LogP contribution in [0.15, 0.2) is 0 Å². The molecule has 4 rings (SSSR count). The van der Waals surface area contributed by atoms with Gasteiger partial charge in [-0.05, 0) is 300 Å². The van der Waals surface area contributed by atoms with E-state index >= 15 is 0 Å². The van der Waals surface area contributed by atoms with Crippen LogP contribution in [0.25, 0.3) is 0 Å². The van der Waals surface area contributed by atoms with Crippen molar-refractivity contribution in [3.05, 3.63) is 134 Å². The molecule has 0 fully saturated rings. The summed E-state index contributed by atoms with van der Waals surface area (Å²) in [5.74, 6) is 0. The van der Waals surface area contributed by atoms with Crippen LogP contribution >= 0.6 is 0 Å². The zero-order valence-corrected chi connectivity index (χ0v) is 36.0. The van der Waals surface area contributed by atoms with E-state index in [1.54, 1.807) is 0 Å². The second kappa shape index (κ2) is 17.0. The van der Waals surface area contributed by atoms with E-state index in [0.29, 0.717) is 0 Å². The first-order chi connectivity index (χ1) is 21.9. The van der Waals surface area contributed by atoms with Gasteiger partial charge >= 0.3 is 0 Å². The molecule has 0 amide bonds. The van der Waals surface area contributed by atoms with Gasteiger partial charge in [-0.15, -0.1) is 0 Å². The Bertz CT molecular complexity index is 1130. The monoisotopic (exact) mass is 649 g/mol. The normalized spacial score (nSPS) is 10.5. The van der Waals surface area contributed by atoms with Crippen molar-refractivity contribution < 1.29 is 0 Å². The summed E-state index contributed by atoms with van der Waals surface area (Å²) >= 11 is 0. The largest absolute Gasteiger partial charge is 0.0447 e. The van der Waals surface area contributed by atoms with E-state index in [1.807, 2.05) is 0 Å². The zero-order chi connectivity index (χ0) is 37.9. The minimum Gasteiger partial charge on any atom is -0.0447 e. The van der Waals surface area contributed by atoms with E-state index in [2.05, 4.69) is 166 Å². The first kappa shape index (κ1) is 42.9. The highest BCUT2D eigenvalue weighted by molar-refractivity contribution is 5.51. The first-order valence-electron chi connectivity index (χ1n) is 18.0. The molecular weight excluding hydrogens is 577 g/mol. The standard InChI is InChI=1S/4C12H18/c4*1-7-8(2)10(4)12(6)11(5)9(7)3/h4*1-6H3. The molecule has 0 saturated carbocycles. The summed E-state index contributed by atoms with van der Waals surface area (Å²) < 4.78 is 0. The topological polar surface area (TPSA) is 0 Å². The fourth-order valence-corrected chi connectivity index (χ4v) is 6.75. The highest BCUT2D eigenvalue weighted by Crippen LogP contribution is 2.27. The Labute approximate surface area is 298 Å². The molecule has 0 saturated heterocycles. The maximum absolute atomic E-state index is 2.21. The lowest BCUT2D eigenvalue weighted by atomic mass is 9.90. The van der Waals surface area contributed by atoms with Gasteiger partial charge in [-0.1, -0.05) is 0 Å². The van der Waals surface area contributed by atoms with Crippen LogP contribution in [0.3, 0.4) is 0 Å². The van der Waals surface area contributed by atoms with E-state index in [4.69, 9.17) is 0 Å². The Morgan fingerprint density at radius 1 is 0.0833 bits per heavy atom. The van der Waals surface area contributed by atoms with E-state index < -0.39 is 0 Å². The maximum atomic E-state index is 2.21. The van der Waals surface area contributed by atoms with Gasteiger partial charge in [-0.2, -0.15) is 0 Å². The summed E-state index contributed by atoms with van der Waals surface area (Å²) in [6.07, 6.45) is 0. The van der Waals surface area contributed by atoms with Crippen LogP contribution < -0.4 is 0 Å². The molecule has 0 aliphatic heterocycles. The Kier molecular flexibility index (Phi) is 15.2. The highest BCUT2D eigenvalue weighted by atomic mass is 14.2. The van der Waals surface area contributed by atoms with E-state index in [9.17, 15) is 0 Å². The molecule has 264 valence electrons. The summed E-state index contributed by atoms with van der Waals surface area (Å²) in [7, 11) is 0. The molecule has 0 unspecified atom stereocenters. The van der Waals surface area contributed by atoms with Crippen molar-refractivity contribution in [3.63, 3.8) is 0 Å². The fraction of sp³-hybridized carbons (Fsp3) is 0.500. The predicted octanol–water partition coefficient (Wildman–Crippen LogP) is 14.1. The van der Waals surface area contributed by atoms with Crippen molar-refractivity contribution in [2.75, 3.05) is 0 Å². The molecule has 0 nitrogen and oxygen atoms in total. The number of rotatable bonds is 0. The molecule has 4 aromatic rings. The quantitative estimate of drug-likeness (QED) is 0.178. The highest BCUT2D eigenvalue weighted by Gasteiger charge is 2.10. The minimum absolute atomic E-state index is 1.45. The van der Waals surface area contributed by atoms with Crippen LogP contribution in [0.2, 0.25) is 0 Å². The van der Waals surface area contributed by atoms with Gasteiger partial charge in [0.25, 0.3) is 0 Å². The van der Waals surface area contributed by atoms with Crippen LogP contribution in [0.1, 0.15) is 134 Å². The van der Waals surface area contributed by atoms with Gasteiger partial charge in [-0.25, -0.2) is 0 Å². The lowest BCUT2D eigenvalue weighted by molar-refractivity contribution is 1.13. The Morgan fingerprint density at radius 3 is 0.125 bits per heavy atom. The fourth-order valence-electron chi connectivity index (χ4n) is 6.75. The van der Waals surface area contributed by atoms with E-state index in [0.717, 1.165) is 0 Å². The number of hydrogen-bond donors (Lipinski definition) is 0. The minimum atomic E-state index is 1.45. The van der Waals surface area contributed by atoms with Crippen LogP contribution in [0.4, 0.5) is 0 Å². The first-order valence-corrected chi connectivity index (χ1v) is 18.0. The average Bonchev–Trinajstić information content (AvgIpc) is 3.08. The van der Waals surface area contributed by atoms with Gasteiger partial charge in [-0.3, -0.25) is 0 Å². The summed E-state index contributed by atoms with van der Waals surface area (Å²) in [5.41, 5.74) is 34.9. The molecule has 0 aliphatic carbocycles. The van der Waals surface area contributed by atoms with Crippen LogP contribution in [0, 0.1) is 166 Å². The Hall–Kier alpha value is -3.12. The SMILES string of the molecule is Cc1c(C)c(C)c(C)c(C)c1C.Cc1c(C)c(C)c(C)c(C)c1C.Cc1c(C)c(C)c(C)c(C)c1C.Cc1c(C)c(C)c(C)c(C)c1C. The maximum Gasteiger partial charge on any atom is -0.0392 e. The van der Waals surface area contributed by atoms with Crippen molar-refractivity contribution in [1.29, 1.82) is 0 Å². The Balaban J connectivity index is 0.000000320. The van der Waals surface area contributed by atoms with Crippen molar-refractivity contribution in [2.45, 2.75) is 166 Å². The molecule has 0 heterocycles. The molecule has 0 bridgehead atoms. The number of benzene rings is 4. The van der Waals surface area contributed by atoms with Gasteiger partial charge in [0, 0.05) is 0 Å². The molecule has 0 N–H and O–H groups in total. The van der Waals surface area contributed by atoms with Crippen molar-refractivity contribution in [3.8, 4) is 0 Å². The van der Waals surface area contributed by atoms with Gasteiger partial charge < -0.3 is 0 Å². The van der Waals surface area contributed by atoms with Crippen molar-refractivity contribution in [1.82, 2.24) is 0 Å². The number of hydrogen-bond acceptors (Lipinski definition) is 0. The molecular formula is C48H72. The second-order valence-corrected chi connectivity index (χ2v) is 15.0. The molecule has 0 heteroatoms. The van der Waals surface area contributed by atoms with Crippen LogP contribution in [-0.2, 0) is 0 Å². The van der Waals surface area contributed by atoms with Crippen LogP contribution in [-0.4, -0.2) is 0 Å². The molecule has 4 aromatic carbocycles. The Morgan fingerprint density at radius 2 is 0.104 bits per heavy atom. The third-order valence-corrected chi connectivity index (χ3v) is 13.5. The molecule has 0 radical (unpaired) electrons. The third kappa shape index (κ3) is 8.72. The lowest BCUT2D eigenvalue weighted by Crippen LogP contribution is -1.98. The molecule has 0 spiro atoms. The van der Waals surface area contributed by atoms with Crippen molar-refractivity contribution in [2.24, 2.45) is 0 Å². The second-order valence-electron chi connectivity index (χ2n) is 15.0. The van der Waals surface area contributed by atoms with Crippen molar-refractivity contribution >= 4 is 0 Å². The third-order valence-electron chi connectivity index (χ3n) is 13.5. The summed E-state index contributed by atoms with van der Waals surface area (Å²) in [4.78, 5) is 0. The predicted molar refractivity (Wildman–Crippen MR) is 219 cm³/mol. The molecule has 0 aliphatic rings. The molecule has 48 heavy (non-hydrogen) atoms. The van der Waals surface area contributed by atoms with Gasteiger partial charge in [0.1, 0.15) is 0 Å². The van der Waals surface area contributed by atoms with Gasteiger partial charge in [0.2, 0.25) is 0 Å².